The third-order valence-corrected chi connectivity index (χ3v) is 3.12. The predicted octanol–water partition coefficient (Wildman–Crippen LogP) is 2.06. The molecule has 0 aliphatic carbocycles. The zero-order chi connectivity index (χ0) is 15.5. The molecule has 0 spiro atoms. The third kappa shape index (κ3) is 3.34. The zero-order valence-electron chi connectivity index (χ0n) is 11.6. The number of carbonyl (C=O) groups is 2. The molecule has 3 N–H and O–H groups in total. The van der Waals surface area contributed by atoms with E-state index in [4.69, 9.17) is 5.26 Å². The number of carboxylic acids is 1. The van der Waals surface area contributed by atoms with Crippen molar-refractivity contribution in [2.75, 3.05) is 0 Å². The lowest BCUT2D eigenvalue weighted by atomic mass is 9.76. The van der Waals surface area contributed by atoms with E-state index < -0.39 is 23.5 Å². The van der Waals surface area contributed by atoms with Crippen LogP contribution in [0.5, 0.6) is 0 Å². The molecule has 0 saturated heterocycles. The molecule has 0 heterocycles. The maximum atomic E-state index is 11.5. The molecule has 0 fully saturated rings. The quantitative estimate of drug-likeness (QED) is 0.564. The number of carboxylic acid groups (broad SMARTS) is 1. The van der Waals surface area contributed by atoms with Gasteiger partial charge in [0.2, 0.25) is 0 Å². The second-order valence-corrected chi connectivity index (χ2v) is 5.35. The van der Waals surface area contributed by atoms with Crippen molar-refractivity contribution in [3.63, 3.8) is 0 Å². The van der Waals surface area contributed by atoms with Gasteiger partial charge in [-0.05, 0) is 30.4 Å². The highest BCUT2D eigenvalue weighted by molar-refractivity contribution is 6.03. The van der Waals surface area contributed by atoms with Crippen molar-refractivity contribution in [2.24, 2.45) is 0 Å². The van der Waals surface area contributed by atoms with Gasteiger partial charge in [0.05, 0.1) is 17.2 Å². The van der Waals surface area contributed by atoms with Gasteiger partial charge >= 0.3 is 11.9 Å². The van der Waals surface area contributed by atoms with Crippen LogP contribution in [0, 0.1) is 0 Å². The molecule has 6 nitrogen and oxygen atoms in total. The van der Waals surface area contributed by atoms with E-state index in [0.717, 1.165) is 0 Å². The van der Waals surface area contributed by atoms with Crippen molar-refractivity contribution >= 4 is 11.9 Å². The Morgan fingerprint density at radius 2 is 1.95 bits per heavy atom. The first kappa shape index (κ1) is 16.1. The molecule has 1 atom stereocenters. The Bertz CT molecular complexity index is 518. The van der Waals surface area contributed by atoms with Crippen molar-refractivity contribution in [3.05, 3.63) is 34.9 Å². The topological polar surface area (TPSA) is 104 Å². The molecule has 6 heteroatoms. The zero-order valence-corrected chi connectivity index (χ0v) is 11.6. The fraction of sp³-hybridized carbons (Fsp3) is 0.429. The molecule has 110 valence electrons. The number of hydrogen-bond acceptors (Lipinski definition) is 5. The van der Waals surface area contributed by atoms with Gasteiger partial charge in [0.15, 0.2) is 0 Å². The van der Waals surface area contributed by atoms with E-state index in [1.165, 1.54) is 12.1 Å². The van der Waals surface area contributed by atoms with Crippen LogP contribution in [0.3, 0.4) is 0 Å². The van der Waals surface area contributed by atoms with E-state index in [-0.39, 0.29) is 11.1 Å². The first-order valence-electron chi connectivity index (χ1n) is 6.11. The van der Waals surface area contributed by atoms with Gasteiger partial charge in [-0.15, -0.1) is 0 Å². The van der Waals surface area contributed by atoms with Gasteiger partial charge in [-0.1, -0.05) is 26.0 Å². The molecule has 0 amide bonds. The predicted molar refractivity (Wildman–Crippen MR) is 70.8 cm³/mol. The van der Waals surface area contributed by atoms with E-state index in [2.05, 4.69) is 4.89 Å². The summed E-state index contributed by atoms with van der Waals surface area (Å²) in [7, 11) is 0. The van der Waals surface area contributed by atoms with Crippen LogP contribution in [-0.2, 0) is 10.3 Å². The largest absolute Gasteiger partial charge is 0.478 e. The Labute approximate surface area is 116 Å². The third-order valence-electron chi connectivity index (χ3n) is 3.12. The van der Waals surface area contributed by atoms with E-state index in [9.17, 15) is 19.8 Å². The van der Waals surface area contributed by atoms with Gasteiger partial charge in [-0.25, -0.2) is 9.59 Å². The van der Waals surface area contributed by atoms with E-state index in [1.54, 1.807) is 26.8 Å². The summed E-state index contributed by atoms with van der Waals surface area (Å²) >= 11 is 0. The van der Waals surface area contributed by atoms with Crippen LogP contribution in [0.15, 0.2) is 18.2 Å². The summed E-state index contributed by atoms with van der Waals surface area (Å²) in [5.41, 5.74) is -0.713. The molecule has 0 aliphatic heterocycles. The van der Waals surface area contributed by atoms with Gasteiger partial charge in [0.25, 0.3) is 0 Å². The van der Waals surface area contributed by atoms with E-state index in [0.29, 0.717) is 12.0 Å². The highest BCUT2D eigenvalue weighted by Gasteiger charge is 2.31. The van der Waals surface area contributed by atoms with Crippen LogP contribution in [0.4, 0.5) is 0 Å². The Kier molecular flexibility index (Phi) is 4.86. The lowest BCUT2D eigenvalue weighted by Crippen LogP contribution is -2.27. The SMILES string of the molecule is CC(O)CC(C)(C)c1cccc(C(=O)OO)c1C(=O)O. The van der Waals surface area contributed by atoms with Crippen LogP contribution in [-0.4, -0.2) is 33.5 Å². The molecule has 1 aromatic carbocycles. The number of aromatic carboxylic acids is 1. The van der Waals surface area contributed by atoms with Crippen LogP contribution in [0.25, 0.3) is 0 Å². The lowest BCUT2D eigenvalue weighted by molar-refractivity contribution is -0.182. The van der Waals surface area contributed by atoms with Crippen molar-refractivity contribution < 1.29 is 29.9 Å². The molecular formula is C14H18O6. The smallest absolute Gasteiger partial charge is 0.373 e. The first-order chi connectivity index (χ1) is 9.20. The minimum atomic E-state index is -1.29. The summed E-state index contributed by atoms with van der Waals surface area (Å²) in [6.07, 6.45) is -0.301. The fourth-order valence-corrected chi connectivity index (χ4v) is 2.41. The maximum absolute atomic E-state index is 11.5. The van der Waals surface area contributed by atoms with Crippen molar-refractivity contribution in [1.29, 1.82) is 0 Å². The maximum Gasteiger partial charge on any atom is 0.373 e. The molecule has 20 heavy (non-hydrogen) atoms. The summed E-state index contributed by atoms with van der Waals surface area (Å²) in [4.78, 5) is 26.5. The number of rotatable bonds is 5. The number of aliphatic hydroxyl groups excluding tert-OH is 1. The van der Waals surface area contributed by atoms with Crippen LogP contribution in [0.2, 0.25) is 0 Å². The monoisotopic (exact) mass is 282 g/mol. The standard InChI is InChI=1S/C14H18O6/c1-8(15)7-14(2,3)10-6-4-5-9(13(18)20-19)11(10)12(16)17/h4-6,8,15,19H,7H2,1-3H3,(H,16,17). The minimum Gasteiger partial charge on any atom is -0.478 e. The average Bonchev–Trinajstić information content (AvgIpc) is 2.35. The normalized spacial score (nSPS) is 12.8. The average molecular weight is 282 g/mol. The number of benzene rings is 1. The van der Waals surface area contributed by atoms with Gasteiger partial charge < -0.3 is 10.2 Å². The lowest BCUT2D eigenvalue weighted by Gasteiger charge is -2.28. The molecule has 0 bridgehead atoms. The van der Waals surface area contributed by atoms with Gasteiger partial charge in [-0.2, -0.15) is 5.26 Å². The second-order valence-electron chi connectivity index (χ2n) is 5.35. The van der Waals surface area contributed by atoms with Gasteiger partial charge in [0.1, 0.15) is 0 Å². The summed E-state index contributed by atoms with van der Waals surface area (Å²) in [6, 6.07) is 4.36. The van der Waals surface area contributed by atoms with Crippen molar-refractivity contribution in [3.8, 4) is 0 Å². The molecule has 1 rings (SSSR count). The van der Waals surface area contributed by atoms with Crippen LogP contribution in [0.1, 0.15) is 53.5 Å². The van der Waals surface area contributed by atoms with Gasteiger partial charge in [0, 0.05) is 0 Å². The fourth-order valence-electron chi connectivity index (χ4n) is 2.41. The highest BCUT2D eigenvalue weighted by atomic mass is 17.1. The van der Waals surface area contributed by atoms with E-state index >= 15 is 0 Å². The Hall–Kier alpha value is -1.92. The Morgan fingerprint density at radius 3 is 2.40 bits per heavy atom. The minimum absolute atomic E-state index is 0.225. The van der Waals surface area contributed by atoms with Crippen LogP contribution >= 0.6 is 0 Å². The number of aliphatic hydroxyl groups is 1. The second kappa shape index (κ2) is 6.02. The van der Waals surface area contributed by atoms with Gasteiger partial charge in [-0.3, -0.25) is 4.89 Å². The highest BCUT2D eigenvalue weighted by Crippen LogP contribution is 2.33. The Balaban J connectivity index is 3.47. The summed E-state index contributed by atoms with van der Waals surface area (Å²) in [6.45, 7) is 5.15. The summed E-state index contributed by atoms with van der Waals surface area (Å²) < 4.78 is 0. The molecule has 1 unspecified atom stereocenters. The first-order valence-corrected chi connectivity index (χ1v) is 6.11. The molecule has 0 aliphatic rings. The summed E-state index contributed by atoms with van der Waals surface area (Å²) in [5.74, 6) is -2.42. The number of hydrogen-bond donors (Lipinski definition) is 3. The van der Waals surface area contributed by atoms with E-state index in [1.807, 2.05) is 0 Å². The molecule has 1 aromatic rings. The van der Waals surface area contributed by atoms with Crippen molar-refractivity contribution in [1.82, 2.24) is 0 Å². The Morgan fingerprint density at radius 1 is 1.35 bits per heavy atom. The molecule has 0 aromatic heterocycles. The molecule has 0 saturated carbocycles. The molecular weight excluding hydrogens is 264 g/mol. The van der Waals surface area contributed by atoms with Crippen LogP contribution < -0.4 is 0 Å². The number of carbonyl (C=O) groups excluding carboxylic acids is 1. The van der Waals surface area contributed by atoms with Crippen molar-refractivity contribution in [2.45, 2.75) is 38.7 Å². The molecule has 0 radical (unpaired) electrons. The summed E-state index contributed by atoms with van der Waals surface area (Å²) in [5, 5.41) is 27.3.